The van der Waals surface area contributed by atoms with Gasteiger partial charge in [-0.15, -0.1) is 0 Å². The van der Waals surface area contributed by atoms with E-state index in [4.69, 9.17) is 4.74 Å². The standard InChI is InChI=1S/C26H36F2N10O2/c1-26(2)14-16(11-17-7-6-8-37(17)26)30-23-19(28)15-29-24(32-23)31-20-13-21(38-25(39)36(5)33-34-38)22(12-18(20)27)40-10-9-35(3)4/h12-13,15-17H,6-11,14H2,1-5H3,(H2,29,30,31,32)/t16-,17-/m1/s1. The van der Waals surface area contributed by atoms with Crippen molar-refractivity contribution in [1.29, 1.82) is 0 Å². The number of hydrogen-bond donors (Lipinski definition) is 2. The van der Waals surface area contributed by atoms with Gasteiger partial charge >= 0.3 is 5.69 Å². The number of nitrogens with one attached hydrogen (secondary N) is 2. The highest BCUT2D eigenvalue weighted by Crippen LogP contribution is 2.38. The second-order valence-electron chi connectivity index (χ2n) is 11.3. The Hall–Kier alpha value is -3.65. The van der Waals surface area contributed by atoms with Gasteiger partial charge in [0.25, 0.3) is 0 Å². The van der Waals surface area contributed by atoms with Crippen molar-refractivity contribution in [2.75, 3.05) is 44.4 Å². The number of aryl methyl sites for hydroxylation is 1. The number of aromatic nitrogens is 6. The summed E-state index contributed by atoms with van der Waals surface area (Å²) in [7, 11) is 5.23. The molecule has 0 aliphatic carbocycles. The molecule has 3 aromatic rings. The van der Waals surface area contributed by atoms with E-state index in [2.05, 4.69) is 49.8 Å². The minimum atomic E-state index is -0.668. The van der Waals surface area contributed by atoms with Gasteiger partial charge in [0, 0.05) is 37.3 Å². The fourth-order valence-corrected chi connectivity index (χ4v) is 5.69. The minimum absolute atomic E-state index is 0.000850. The van der Waals surface area contributed by atoms with Gasteiger partial charge in [0.15, 0.2) is 17.5 Å². The molecule has 2 atom stereocenters. The molecule has 14 heteroatoms. The quantitative estimate of drug-likeness (QED) is 0.406. The van der Waals surface area contributed by atoms with Gasteiger partial charge in [-0.3, -0.25) is 4.90 Å². The van der Waals surface area contributed by atoms with Crippen LogP contribution < -0.4 is 21.1 Å². The van der Waals surface area contributed by atoms with Gasteiger partial charge in [0.05, 0.1) is 11.9 Å². The third-order valence-electron chi connectivity index (χ3n) is 7.58. The number of anilines is 3. The fourth-order valence-electron chi connectivity index (χ4n) is 5.69. The highest BCUT2D eigenvalue weighted by Gasteiger charge is 2.43. The molecule has 0 bridgehead atoms. The Balaban J connectivity index is 1.40. The molecular formula is C26H36F2N10O2. The van der Waals surface area contributed by atoms with E-state index >= 15 is 4.39 Å². The van der Waals surface area contributed by atoms with Crippen molar-refractivity contribution in [2.45, 2.75) is 57.2 Å². The number of halogens is 2. The van der Waals surface area contributed by atoms with Crippen LogP contribution in [0, 0.1) is 11.6 Å². The number of fused-ring (bicyclic) bond motifs is 1. The van der Waals surface area contributed by atoms with E-state index in [1.54, 1.807) is 0 Å². The number of ether oxygens (including phenoxy) is 1. The maximum Gasteiger partial charge on any atom is 0.368 e. The van der Waals surface area contributed by atoms with E-state index in [0.29, 0.717) is 12.6 Å². The zero-order valence-corrected chi connectivity index (χ0v) is 23.5. The van der Waals surface area contributed by atoms with Crippen molar-refractivity contribution in [2.24, 2.45) is 7.05 Å². The third-order valence-corrected chi connectivity index (χ3v) is 7.58. The largest absolute Gasteiger partial charge is 0.490 e. The van der Waals surface area contributed by atoms with Crippen LogP contribution in [0.2, 0.25) is 0 Å². The molecule has 4 heterocycles. The van der Waals surface area contributed by atoms with Crippen LogP contribution in [0.1, 0.15) is 39.5 Å². The maximum atomic E-state index is 15.3. The molecule has 40 heavy (non-hydrogen) atoms. The number of tetrazole rings is 1. The molecular weight excluding hydrogens is 522 g/mol. The van der Waals surface area contributed by atoms with E-state index < -0.39 is 17.3 Å². The van der Waals surface area contributed by atoms with Crippen molar-refractivity contribution in [1.82, 2.24) is 39.6 Å². The van der Waals surface area contributed by atoms with Crippen LogP contribution in [0.4, 0.5) is 26.2 Å². The Labute approximate surface area is 231 Å². The summed E-state index contributed by atoms with van der Waals surface area (Å²) in [5, 5.41) is 13.7. The molecule has 5 rings (SSSR count). The van der Waals surface area contributed by atoms with Gasteiger partial charge in [-0.05, 0) is 76.7 Å². The lowest BCUT2D eigenvalue weighted by Gasteiger charge is -2.47. The van der Waals surface area contributed by atoms with Gasteiger partial charge in [-0.1, -0.05) is 0 Å². The number of nitrogens with zero attached hydrogens (tertiary/aromatic N) is 8. The maximum absolute atomic E-state index is 15.3. The van der Waals surface area contributed by atoms with Crippen LogP contribution in [0.5, 0.6) is 5.75 Å². The molecule has 2 fully saturated rings. The Kier molecular flexibility index (Phi) is 7.73. The van der Waals surface area contributed by atoms with Crippen molar-refractivity contribution in [3.63, 3.8) is 0 Å². The summed E-state index contributed by atoms with van der Waals surface area (Å²) < 4.78 is 37.9. The highest BCUT2D eigenvalue weighted by molar-refractivity contribution is 5.63. The predicted octanol–water partition coefficient (Wildman–Crippen LogP) is 2.54. The first-order valence-electron chi connectivity index (χ1n) is 13.4. The lowest BCUT2D eigenvalue weighted by atomic mass is 9.84. The summed E-state index contributed by atoms with van der Waals surface area (Å²) in [6.07, 6.45) is 5.10. The molecule has 0 saturated carbocycles. The highest BCUT2D eigenvalue weighted by atomic mass is 19.1. The first-order valence-corrected chi connectivity index (χ1v) is 13.4. The topological polar surface area (TPSA) is 118 Å². The molecule has 2 aromatic heterocycles. The van der Waals surface area contributed by atoms with Crippen molar-refractivity contribution in [3.8, 4) is 11.4 Å². The van der Waals surface area contributed by atoms with Gasteiger partial charge in [0.2, 0.25) is 5.95 Å². The van der Waals surface area contributed by atoms with E-state index in [-0.39, 0.29) is 47.1 Å². The average Bonchev–Trinajstić information content (AvgIpc) is 3.49. The summed E-state index contributed by atoms with van der Waals surface area (Å²) in [5.74, 6) is -1.08. The van der Waals surface area contributed by atoms with Crippen molar-refractivity contribution in [3.05, 3.63) is 40.4 Å². The monoisotopic (exact) mass is 558 g/mol. The fraction of sp³-hybridized carbons (Fsp3) is 0.577. The molecule has 216 valence electrons. The van der Waals surface area contributed by atoms with E-state index in [9.17, 15) is 9.18 Å². The summed E-state index contributed by atoms with van der Waals surface area (Å²) in [6.45, 7) is 6.37. The van der Waals surface area contributed by atoms with Crippen LogP contribution in [0.15, 0.2) is 23.1 Å². The van der Waals surface area contributed by atoms with Gasteiger partial charge < -0.3 is 20.3 Å². The zero-order valence-electron chi connectivity index (χ0n) is 23.5. The Bertz CT molecular complexity index is 1420. The lowest BCUT2D eigenvalue weighted by Crippen LogP contribution is -2.55. The van der Waals surface area contributed by atoms with E-state index in [1.165, 1.54) is 19.5 Å². The summed E-state index contributed by atoms with van der Waals surface area (Å²) in [6, 6.07) is 3.03. The Morgan fingerprint density at radius 2 is 2.00 bits per heavy atom. The van der Waals surface area contributed by atoms with E-state index in [1.807, 2.05) is 19.0 Å². The number of piperidine rings is 1. The normalized spacial score (nSPS) is 20.5. The van der Waals surface area contributed by atoms with Crippen LogP contribution in [-0.2, 0) is 7.05 Å². The van der Waals surface area contributed by atoms with E-state index in [0.717, 1.165) is 47.4 Å². The van der Waals surface area contributed by atoms with Gasteiger partial charge in [-0.2, -0.15) is 14.3 Å². The smallest absolute Gasteiger partial charge is 0.368 e. The number of hydrogen-bond acceptors (Lipinski definition) is 10. The third kappa shape index (κ3) is 5.77. The molecule has 0 amide bonds. The summed E-state index contributed by atoms with van der Waals surface area (Å²) >= 11 is 0. The second-order valence-corrected chi connectivity index (χ2v) is 11.3. The number of rotatable bonds is 9. The first-order chi connectivity index (χ1) is 19.0. The van der Waals surface area contributed by atoms with Crippen LogP contribution >= 0.6 is 0 Å². The Morgan fingerprint density at radius 3 is 2.73 bits per heavy atom. The number of likely N-dealkylation sites (N-methyl/N-ethyl adjacent to an activating group) is 1. The van der Waals surface area contributed by atoms with Crippen LogP contribution in [-0.4, -0.2) is 91.0 Å². The molecule has 2 saturated heterocycles. The zero-order chi connectivity index (χ0) is 28.6. The SMILES string of the molecule is CN(C)CCOc1cc(F)c(Nc2ncc(F)c(N[C@@H]3C[C@H]4CCCN4C(C)(C)C3)n2)cc1-n1nnn(C)c1=O. The number of benzene rings is 1. The second kappa shape index (κ2) is 11.1. The van der Waals surface area contributed by atoms with Crippen molar-refractivity contribution < 1.29 is 13.5 Å². The predicted molar refractivity (Wildman–Crippen MR) is 146 cm³/mol. The average molecular weight is 559 g/mol. The lowest BCUT2D eigenvalue weighted by molar-refractivity contribution is 0.0500. The van der Waals surface area contributed by atoms with Crippen LogP contribution in [0.3, 0.4) is 0 Å². The van der Waals surface area contributed by atoms with Gasteiger partial charge in [0.1, 0.15) is 18.0 Å². The molecule has 1 aromatic carbocycles. The van der Waals surface area contributed by atoms with Crippen molar-refractivity contribution >= 4 is 17.5 Å². The molecule has 2 aliphatic heterocycles. The van der Waals surface area contributed by atoms with Gasteiger partial charge in [-0.25, -0.2) is 18.6 Å². The van der Waals surface area contributed by atoms with Crippen LogP contribution in [0.25, 0.3) is 5.69 Å². The first kappa shape index (κ1) is 27.9. The molecule has 0 radical (unpaired) electrons. The molecule has 2 aliphatic rings. The molecule has 0 unspecified atom stereocenters. The summed E-state index contributed by atoms with van der Waals surface area (Å²) in [5.41, 5.74) is -0.385. The Morgan fingerprint density at radius 1 is 1.20 bits per heavy atom. The molecule has 0 spiro atoms. The summed E-state index contributed by atoms with van der Waals surface area (Å²) in [4.78, 5) is 25.4. The molecule has 2 N–H and O–H groups in total. The minimum Gasteiger partial charge on any atom is -0.490 e. The molecule has 12 nitrogen and oxygen atoms in total.